The van der Waals surface area contributed by atoms with Gasteiger partial charge < -0.3 is 4.74 Å². The molecule has 0 saturated heterocycles. The number of benzene rings is 1. The maximum atomic E-state index is 9.87. The minimum atomic E-state index is 0.440. The summed E-state index contributed by atoms with van der Waals surface area (Å²) >= 11 is 0. The minimum absolute atomic E-state index is 0.440. The Kier molecular flexibility index (Phi) is 12.7. The van der Waals surface area contributed by atoms with E-state index in [1.807, 2.05) is 12.1 Å². The molecule has 0 atom stereocenters. The summed E-state index contributed by atoms with van der Waals surface area (Å²) in [7, 11) is 0. The van der Waals surface area contributed by atoms with Crippen LogP contribution in [0.25, 0.3) is 0 Å². The van der Waals surface area contributed by atoms with E-state index in [1.54, 1.807) is 0 Å². The predicted molar refractivity (Wildman–Crippen MR) is 149 cm³/mol. The van der Waals surface area contributed by atoms with Gasteiger partial charge in [0.15, 0.2) is 0 Å². The quantitative estimate of drug-likeness (QED) is 0.244. The van der Waals surface area contributed by atoms with Crippen LogP contribution in [0.3, 0.4) is 0 Å². The van der Waals surface area contributed by atoms with Crippen molar-refractivity contribution in [1.29, 1.82) is 10.5 Å². The van der Waals surface area contributed by atoms with Crippen molar-refractivity contribution in [2.24, 2.45) is 23.7 Å². The number of hydrogen-bond acceptors (Lipinski definition) is 3. The molecule has 1 aromatic rings. The summed E-state index contributed by atoms with van der Waals surface area (Å²) in [6.07, 6.45) is 23.4. The highest BCUT2D eigenvalue weighted by molar-refractivity contribution is 5.57. The Balaban J connectivity index is 1.43. The topological polar surface area (TPSA) is 56.8 Å². The fourth-order valence-corrected chi connectivity index (χ4v) is 6.82. The molecule has 0 heterocycles. The molecule has 3 rings (SSSR count). The van der Waals surface area contributed by atoms with E-state index in [0.717, 1.165) is 48.5 Å². The Hall–Kier alpha value is -2.00. The lowest BCUT2D eigenvalue weighted by Crippen LogP contribution is -2.15. The van der Waals surface area contributed by atoms with Crippen molar-refractivity contribution in [2.45, 2.75) is 129 Å². The highest BCUT2D eigenvalue weighted by Crippen LogP contribution is 2.36. The number of aryl methyl sites for hydroxylation is 1. The smallest absolute Gasteiger partial charge is 0.138 e. The molecule has 0 bridgehead atoms. The highest BCUT2D eigenvalue weighted by atomic mass is 16.5. The normalized spacial score (nSPS) is 24.1. The third-order valence-corrected chi connectivity index (χ3v) is 9.16. The van der Waals surface area contributed by atoms with E-state index in [-0.39, 0.29) is 0 Å². The van der Waals surface area contributed by atoms with Gasteiger partial charge in [-0.1, -0.05) is 110 Å². The average molecular weight is 491 g/mol. The second kappa shape index (κ2) is 16.0. The number of nitrogens with zero attached hydrogens (tertiary/aromatic N) is 2. The third-order valence-electron chi connectivity index (χ3n) is 9.16. The number of nitriles is 2. The maximum Gasteiger partial charge on any atom is 0.138 e. The Labute approximate surface area is 221 Å². The lowest BCUT2D eigenvalue weighted by Gasteiger charge is -2.28. The van der Waals surface area contributed by atoms with E-state index in [9.17, 15) is 10.5 Å². The molecular formula is C33H50N2O. The largest absolute Gasteiger partial charge is 0.492 e. The van der Waals surface area contributed by atoms with Crippen LogP contribution in [0.4, 0.5) is 0 Å². The van der Waals surface area contributed by atoms with Crippen molar-refractivity contribution in [3.05, 3.63) is 28.8 Å². The van der Waals surface area contributed by atoms with Crippen molar-refractivity contribution < 1.29 is 4.74 Å². The zero-order chi connectivity index (χ0) is 25.6. The molecule has 0 unspecified atom stereocenters. The summed E-state index contributed by atoms with van der Waals surface area (Å²) in [4.78, 5) is 0. The van der Waals surface area contributed by atoms with Gasteiger partial charge in [-0.05, 0) is 61.0 Å². The molecule has 0 N–H and O–H groups in total. The van der Waals surface area contributed by atoms with Crippen LogP contribution < -0.4 is 4.74 Å². The number of hydrogen-bond donors (Lipinski definition) is 0. The fourth-order valence-electron chi connectivity index (χ4n) is 6.82. The molecule has 0 aliphatic heterocycles. The number of unbranched alkanes of at least 4 members (excludes halogenated alkanes) is 2. The zero-order valence-electron chi connectivity index (χ0n) is 23.2. The van der Waals surface area contributed by atoms with Crippen molar-refractivity contribution in [2.75, 3.05) is 6.61 Å². The van der Waals surface area contributed by atoms with E-state index in [4.69, 9.17) is 4.74 Å². The van der Waals surface area contributed by atoms with E-state index < -0.39 is 0 Å². The molecule has 2 fully saturated rings. The Morgan fingerprint density at radius 2 is 1.22 bits per heavy atom. The minimum Gasteiger partial charge on any atom is -0.492 e. The molecule has 2 aliphatic rings. The molecule has 198 valence electrons. The van der Waals surface area contributed by atoms with Gasteiger partial charge in [0.1, 0.15) is 23.5 Å². The summed E-state index contributed by atoms with van der Waals surface area (Å²) in [6, 6.07) is 8.60. The first-order valence-corrected chi connectivity index (χ1v) is 15.3. The van der Waals surface area contributed by atoms with Crippen LogP contribution in [0, 0.1) is 46.3 Å². The van der Waals surface area contributed by atoms with Gasteiger partial charge in [0.05, 0.1) is 12.2 Å². The summed E-state index contributed by atoms with van der Waals surface area (Å²) in [5.41, 5.74) is 2.00. The number of ether oxygens (including phenoxy) is 1. The standard InChI is InChI=1S/C33H50N2O/c1-3-5-6-9-27-15-17-29(18-16-27)19-20-30-21-22-33(32(25-35)31(30)24-34)36-23-7-10-28-13-11-26(8-4-2)12-14-28/h21-22,26-29H,3-20,23H2,1-2H3/t26-,27-,28-,29-. The second-order valence-corrected chi connectivity index (χ2v) is 11.8. The molecule has 2 saturated carbocycles. The first-order valence-electron chi connectivity index (χ1n) is 15.3. The maximum absolute atomic E-state index is 9.87. The first-order chi connectivity index (χ1) is 17.7. The molecule has 36 heavy (non-hydrogen) atoms. The SMILES string of the molecule is CCCCC[C@H]1CC[C@H](CCc2ccc(OCCC[C@H]3CC[C@H](CCC)CC3)c(C#N)c2C#N)CC1. The van der Waals surface area contributed by atoms with Crippen LogP contribution in [-0.2, 0) is 6.42 Å². The first kappa shape index (κ1) is 28.6. The average Bonchev–Trinajstić information content (AvgIpc) is 2.91. The second-order valence-electron chi connectivity index (χ2n) is 11.8. The molecule has 0 radical (unpaired) electrons. The molecule has 0 spiro atoms. The van der Waals surface area contributed by atoms with Crippen LogP contribution in [0.15, 0.2) is 12.1 Å². The molecule has 3 heteroatoms. The van der Waals surface area contributed by atoms with Gasteiger partial charge in [0.2, 0.25) is 0 Å². The van der Waals surface area contributed by atoms with Crippen molar-refractivity contribution >= 4 is 0 Å². The lowest BCUT2D eigenvalue weighted by atomic mass is 9.77. The van der Waals surface area contributed by atoms with Crippen molar-refractivity contribution in [3.8, 4) is 17.9 Å². The third kappa shape index (κ3) is 8.83. The zero-order valence-corrected chi connectivity index (χ0v) is 23.2. The van der Waals surface area contributed by atoms with E-state index in [0.29, 0.717) is 23.5 Å². The Morgan fingerprint density at radius 3 is 1.78 bits per heavy atom. The van der Waals surface area contributed by atoms with Gasteiger partial charge in [0.25, 0.3) is 0 Å². The molecule has 3 nitrogen and oxygen atoms in total. The van der Waals surface area contributed by atoms with Crippen molar-refractivity contribution in [1.82, 2.24) is 0 Å². The summed E-state index contributed by atoms with van der Waals surface area (Å²) in [6.45, 7) is 5.21. The molecule has 0 amide bonds. The molecule has 2 aliphatic carbocycles. The van der Waals surface area contributed by atoms with E-state index in [2.05, 4.69) is 26.0 Å². The number of rotatable bonds is 14. The van der Waals surface area contributed by atoms with Crippen molar-refractivity contribution in [3.63, 3.8) is 0 Å². The van der Waals surface area contributed by atoms with Gasteiger partial charge in [-0.2, -0.15) is 10.5 Å². The fraction of sp³-hybridized carbons (Fsp3) is 0.758. The Bertz CT molecular complexity index is 848. The molecule has 1 aromatic carbocycles. The predicted octanol–water partition coefficient (Wildman–Crippen LogP) is 9.51. The van der Waals surface area contributed by atoms with Gasteiger partial charge >= 0.3 is 0 Å². The van der Waals surface area contributed by atoms with Crippen LogP contribution in [0.1, 0.15) is 140 Å². The molecule has 0 aromatic heterocycles. The van der Waals surface area contributed by atoms with E-state index in [1.165, 1.54) is 96.3 Å². The summed E-state index contributed by atoms with van der Waals surface area (Å²) in [5.74, 6) is 4.07. The lowest BCUT2D eigenvalue weighted by molar-refractivity contribution is 0.230. The summed E-state index contributed by atoms with van der Waals surface area (Å²) in [5, 5.41) is 19.7. The highest BCUT2D eigenvalue weighted by Gasteiger charge is 2.23. The van der Waals surface area contributed by atoms with E-state index >= 15 is 0 Å². The van der Waals surface area contributed by atoms with Gasteiger partial charge in [0, 0.05) is 0 Å². The van der Waals surface area contributed by atoms with Gasteiger partial charge in [-0.25, -0.2) is 0 Å². The van der Waals surface area contributed by atoms with Crippen LogP contribution >= 0.6 is 0 Å². The van der Waals surface area contributed by atoms with Gasteiger partial charge in [-0.15, -0.1) is 0 Å². The van der Waals surface area contributed by atoms with Crippen LogP contribution in [0.2, 0.25) is 0 Å². The van der Waals surface area contributed by atoms with Crippen LogP contribution in [0.5, 0.6) is 5.75 Å². The Morgan fingerprint density at radius 1 is 0.667 bits per heavy atom. The van der Waals surface area contributed by atoms with Gasteiger partial charge in [-0.3, -0.25) is 0 Å². The molecular weight excluding hydrogens is 440 g/mol. The van der Waals surface area contributed by atoms with Crippen LogP contribution in [-0.4, -0.2) is 6.61 Å². The monoisotopic (exact) mass is 490 g/mol. The summed E-state index contributed by atoms with van der Waals surface area (Å²) < 4.78 is 6.05.